The van der Waals surface area contributed by atoms with Crippen LogP contribution >= 0.6 is 12.6 Å². The molecule has 1 N–H and O–H groups in total. The Kier molecular flexibility index (Phi) is 4.01. The number of carboxylic acid groups (broad SMARTS) is 1. The highest BCUT2D eigenvalue weighted by molar-refractivity contribution is 7.81. The topological polar surface area (TPSA) is 55.8 Å². The summed E-state index contributed by atoms with van der Waals surface area (Å²) in [6, 6.07) is 3.91. The average Bonchev–Trinajstić information content (AvgIpc) is 2.73. The van der Waals surface area contributed by atoms with Gasteiger partial charge in [0.1, 0.15) is 0 Å². The van der Waals surface area contributed by atoms with Crippen LogP contribution < -0.4 is 9.47 Å². The molecule has 98 valence electrons. The number of aliphatic carboxylic acids is 1. The molecule has 4 nitrogen and oxygen atoms in total. The summed E-state index contributed by atoms with van der Waals surface area (Å²) in [5.41, 5.74) is 2.24. The minimum absolute atomic E-state index is 0.0563. The van der Waals surface area contributed by atoms with Crippen molar-refractivity contribution in [1.29, 1.82) is 0 Å². The minimum atomic E-state index is -0.825. The van der Waals surface area contributed by atoms with E-state index in [4.69, 9.17) is 14.6 Å². The molecule has 1 aromatic rings. The third kappa shape index (κ3) is 2.90. The molecule has 1 aliphatic heterocycles. The van der Waals surface area contributed by atoms with Crippen LogP contribution in [0.15, 0.2) is 12.1 Å². The molecule has 0 saturated carbocycles. The Morgan fingerprint density at radius 3 is 2.56 bits per heavy atom. The van der Waals surface area contributed by atoms with Crippen LogP contribution in [0, 0.1) is 0 Å². The zero-order valence-corrected chi connectivity index (χ0v) is 11.1. The van der Waals surface area contributed by atoms with Gasteiger partial charge in [0.2, 0.25) is 6.79 Å². The number of rotatable bonds is 5. The van der Waals surface area contributed by atoms with Crippen molar-refractivity contribution < 1.29 is 19.4 Å². The molecule has 1 heterocycles. The summed E-state index contributed by atoms with van der Waals surface area (Å²) in [6.07, 6.45) is 1.55. The zero-order valence-electron chi connectivity index (χ0n) is 10.2. The van der Waals surface area contributed by atoms with Gasteiger partial charge in [-0.3, -0.25) is 4.79 Å². The normalized spacial score (nSPS) is 14.6. The molecule has 1 unspecified atom stereocenters. The molecule has 0 fully saturated rings. The zero-order chi connectivity index (χ0) is 13.1. The summed E-state index contributed by atoms with van der Waals surface area (Å²) in [5.74, 6) is 0.677. The van der Waals surface area contributed by atoms with Crippen molar-refractivity contribution >= 4 is 18.6 Å². The molecule has 1 atom stereocenters. The number of thiol groups is 1. The Bertz CT molecular complexity index is 459. The van der Waals surface area contributed by atoms with Crippen molar-refractivity contribution in [3.8, 4) is 11.5 Å². The van der Waals surface area contributed by atoms with E-state index in [2.05, 4.69) is 19.6 Å². The van der Waals surface area contributed by atoms with E-state index in [0.29, 0.717) is 6.42 Å². The van der Waals surface area contributed by atoms with Gasteiger partial charge in [0.15, 0.2) is 11.5 Å². The Labute approximate surface area is 111 Å². The summed E-state index contributed by atoms with van der Waals surface area (Å²) < 4.78 is 10.7. The first kappa shape index (κ1) is 13.1. The number of carbonyl (C=O) groups is 1. The van der Waals surface area contributed by atoms with E-state index < -0.39 is 5.97 Å². The van der Waals surface area contributed by atoms with Crippen molar-refractivity contribution in [2.75, 3.05) is 6.79 Å². The second-order valence-electron chi connectivity index (χ2n) is 4.28. The number of hydrogen-bond donors (Lipinski definition) is 2. The van der Waals surface area contributed by atoms with Gasteiger partial charge in [-0.2, -0.15) is 12.6 Å². The number of carboxylic acids is 1. The number of benzene rings is 1. The van der Waals surface area contributed by atoms with Gasteiger partial charge in [0.05, 0.1) is 6.42 Å². The fourth-order valence-electron chi connectivity index (χ4n) is 2.07. The van der Waals surface area contributed by atoms with Crippen LogP contribution in [0.4, 0.5) is 0 Å². The van der Waals surface area contributed by atoms with Crippen molar-refractivity contribution in [1.82, 2.24) is 0 Å². The first-order valence-electron chi connectivity index (χ1n) is 5.91. The first-order valence-corrected chi connectivity index (χ1v) is 6.43. The van der Waals surface area contributed by atoms with Gasteiger partial charge >= 0.3 is 5.97 Å². The van der Waals surface area contributed by atoms with E-state index in [-0.39, 0.29) is 18.5 Å². The Hall–Kier alpha value is -1.36. The van der Waals surface area contributed by atoms with Gasteiger partial charge < -0.3 is 14.6 Å². The number of hydrogen-bond acceptors (Lipinski definition) is 4. The van der Waals surface area contributed by atoms with Crippen molar-refractivity contribution in [2.45, 2.75) is 31.4 Å². The highest BCUT2D eigenvalue weighted by Crippen LogP contribution is 2.35. The lowest BCUT2D eigenvalue weighted by molar-refractivity contribution is -0.136. The van der Waals surface area contributed by atoms with Crippen LogP contribution in [0.25, 0.3) is 0 Å². The number of ether oxygens (including phenoxy) is 2. The summed E-state index contributed by atoms with van der Waals surface area (Å²) in [5, 5.41) is 8.56. The molecule has 1 aliphatic rings. The van der Waals surface area contributed by atoms with Crippen LogP contribution in [-0.4, -0.2) is 23.1 Å². The van der Waals surface area contributed by atoms with Crippen molar-refractivity contribution in [3.05, 3.63) is 23.3 Å². The lowest BCUT2D eigenvalue weighted by atomic mass is 9.99. The second-order valence-corrected chi connectivity index (χ2v) is 5.01. The third-order valence-electron chi connectivity index (χ3n) is 2.94. The fraction of sp³-hybridized carbons (Fsp3) is 0.462. The van der Waals surface area contributed by atoms with E-state index in [9.17, 15) is 4.79 Å². The summed E-state index contributed by atoms with van der Waals surface area (Å²) >= 11 is 4.32. The molecular weight excluding hydrogens is 252 g/mol. The average molecular weight is 268 g/mol. The SMILES string of the molecule is CCc1cc2c(cc1CC(S)CC(=O)O)OCO2. The minimum Gasteiger partial charge on any atom is -0.481 e. The maximum Gasteiger partial charge on any atom is 0.304 e. The van der Waals surface area contributed by atoms with E-state index >= 15 is 0 Å². The molecular formula is C13H16O4S. The fourth-order valence-corrected chi connectivity index (χ4v) is 2.43. The van der Waals surface area contributed by atoms with Crippen molar-refractivity contribution in [3.63, 3.8) is 0 Å². The first-order chi connectivity index (χ1) is 8.60. The molecule has 2 rings (SSSR count). The number of fused-ring (bicyclic) bond motifs is 1. The van der Waals surface area contributed by atoms with Crippen LogP contribution in [0.5, 0.6) is 11.5 Å². The molecule has 1 aromatic carbocycles. The van der Waals surface area contributed by atoms with Gasteiger partial charge in [0, 0.05) is 5.25 Å². The summed E-state index contributed by atoms with van der Waals surface area (Å²) in [6.45, 7) is 2.31. The predicted molar refractivity (Wildman–Crippen MR) is 70.7 cm³/mol. The molecule has 0 aromatic heterocycles. The Balaban J connectivity index is 2.18. The van der Waals surface area contributed by atoms with Crippen LogP contribution in [0.3, 0.4) is 0 Å². The van der Waals surface area contributed by atoms with Gasteiger partial charge in [-0.25, -0.2) is 0 Å². The second kappa shape index (κ2) is 5.52. The molecule has 18 heavy (non-hydrogen) atoms. The van der Waals surface area contributed by atoms with E-state index in [1.54, 1.807) is 0 Å². The molecule has 0 aliphatic carbocycles. The molecule has 5 heteroatoms. The quantitative estimate of drug-likeness (QED) is 0.805. The third-order valence-corrected chi connectivity index (χ3v) is 3.31. The smallest absolute Gasteiger partial charge is 0.304 e. The monoisotopic (exact) mass is 268 g/mol. The van der Waals surface area contributed by atoms with E-state index in [1.807, 2.05) is 12.1 Å². The van der Waals surface area contributed by atoms with Gasteiger partial charge in [-0.1, -0.05) is 6.92 Å². The Morgan fingerprint density at radius 1 is 1.39 bits per heavy atom. The molecule has 0 spiro atoms. The number of aryl methyl sites for hydroxylation is 1. The van der Waals surface area contributed by atoms with Crippen LogP contribution in [0.2, 0.25) is 0 Å². The summed E-state index contributed by atoms with van der Waals surface area (Å²) in [7, 11) is 0. The van der Waals surface area contributed by atoms with E-state index in [1.165, 1.54) is 0 Å². The lowest BCUT2D eigenvalue weighted by Crippen LogP contribution is -2.11. The maximum absolute atomic E-state index is 10.6. The van der Waals surface area contributed by atoms with Crippen molar-refractivity contribution in [2.24, 2.45) is 0 Å². The lowest BCUT2D eigenvalue weighted by Gasteiger charge is -2.13. The van der Waals surface area contributed by atoms with Crippen LogP contribution in [-0.2, 0) is 17.6 Å². The maximum atomic E-state index is 10.6. The van der Waals surface area contributed by atoms with Gasteiger partial charge in [-0.05, 0) is 36.1 Å². The highest BCUT2D eigenvalue weighted by Gasteiger charge is 2.18. The molecule has 0 bridgehead atoms. The Morgan fingerprint density at radius 2 is 2.00 bits per heavy atom. The predicted octanol–water partition coefficient (Wildman–Crippen LogP) is 2.29. The van der Waals surface area contributed by atoms with Gasteiger partial charge in [-0.15, -0.1) is 0 Å². The van der Waals surface area contributed by atoms with Gasteiger partial charge in [0.25, 0.3) is 0 Å². The highest BCUT2D eigenvalue weighted by atomic mass is 32.1. The van der Waals surface area contributed by atoms with E-state index in [0.717, 1.165) is 29.0 Å². The molecule has 0 saturated heterocycles. The molecule has 0 radical (unpaired) electrons. The standard InChI is InChI=1S/C13H16O4S/c1-2-8-4-11-12(17-7-16-11)5-9(8)3-10(18)6-13(14)15/h4-5,10,18H,2-3,6-7H2,1H3,(H,14,15). The summed E-state index contributed by atoms with van der Waals surface area (Å²) in [4.78, 5) is 10.6. The molecule has 0 amide bonds. The van der Waals surface area contributed by atoms with Crippen LogP contribution in [0.1, 0.15) is 24.5 Å². The largest absolute Gasteiger partial charge is 0.481 e.